The molecule has 2 rings (SSSR count). The van der Waals surface area contributed by atoms with Gasteiger partial charge in [-0.1, -0.05) is 29.8 Å². The summed E-state index contributed by atoms with van der Waals surface area (Å²) in [6.45, 7) is 1.53. The van der Waals surface area contributed by atoms with E-state index in [1.54, 1.807) is 30.3 Å². The second-order valence-electron chi connectivity index (χ2n) is 4.57. The molecule has 0 heterocycles. The fourth-order valence-electron chi connectivity index (χ4n) is 1.75. The maximum absolute atomic E-state index is 12.3. The van der Waals surface area contributed by atoms with Gasteiger partial charge in [0, 0.05) is 0 Å². The predicted molar refractivity (Wildman–Crippen MR) is 82.3 cm³/mol. The van der Waals surface area contributed by atoms with Crippen molar-refractivity contribution < 1.29 is 19.1 Å². The van der Waals surface area contributed by atoms with Crippen LogP contribution in [0.15, 0.2) is 42.5 Å². The van der Waals surface area contributed by atoms with E-state index in [9.17, 15) is 9.59 Å². The number of amides is 1. The Balaban J connectivity index is 2.22. The first-order valence-electron chi connectivity index (χ1n) is 6.46. The number of ether oxygens (including phenoxy) is 2. The number of halogens is 1. The van der Waals surface area contributed by atoms with E-state index in [0.717, 1.165) is 5.56 Å². The summed E-state index contributed by atoms with van der Waals surface area (Å²) >= 11 is 6.00. The van der Waals surface area contributed by atoms with Crippen LogP contribution < -0.4 is 15.2 Å². The molecule has 2 N–H and O–H groups in total. The summed E-state index contributed by atoms with van der Waals surface area (Å²) in [5, 5.41) is 0.328. The third kappa shape index (κ3) is 3.99. The van der Waals surface area contributed by atoms with Gasteiger partial charge in [-0.25, -0.2) is 4.79 Å². The van der Waals surface area contributed by atoms with Crippen molar-refractivity contribution in [1.29, 1.82) is 0 Å². The number of para-hydroxylation sites is 1. The van der Waals surface area contributed by atoms with E-state index < -0.39 is 11.9 Å². The summed E-state index contributed by atoms with van der Waals surface area (Å²) in [4.78, 5) is 23.1. The fourth-order valence-corrected chi connectivity index (χ4v) is 1.91. The topological polar surface area (TPSA) is 78.6 Å². The molecule has 0 saturated carbocycles. The maximum Gasteiger partial charge on any atom is 0.347 e. The van der Waals surface area contributed by atoms with Crippen LogP contribution in [0.25, 0.3) is 0 Å². The normalized spacial score (nSPS) is 10.1. The van der Waals surface area contributed by atoms with Gasteiger partial charge in [0.1, 0.15) is 17.1 Å². The van der Waals surface area contributed by atoms with Gasteiger partial charge < -0.3 is 15.2 Å². The number of benzene rings is 2. The van der Waals surface area contributed by atoms with Crippen LogP contribution in [0.1, 0.15) is 15.9 Å². The van der Waals surface area contributed by atoms with Crippen LogP contribution >= 0.6 is 11.6 Å². The number of rotatable bonds is 5. The monoisotopic (exact) mass is 319 g/mol. The van der Waals surface area contributed by atoms with E-state index in [4.69, 9.17) is 26.8 Å². The van der Waals surface area contributed by atoms with Gasteiger partial charge in [0.2, 0.25) is 0 Å². The lowest BCUT2D eigenvalue weighted by Gasteiger charge is -2.11. The molecular weight excluding hydrogens is 306 g/mol. The minimum atomic E-state index is -0.634. The average Bonchev–Trinajstić information content (AvgIpc) is 2.49. The molecular formula is C16H14ClNO4. The first kappa shape index (κ1) is 15.9. The van der Waals surface area contributed by atoms with Gasteiger partial charge in [0.25, 0.3) is 5.91 Å². The lowest BCUT2D eigenvalue weighted by Crippen LogP contribution is -2.21. The van der Waals surface area contributed by atoms with Gasteiger partial charge in [-0.15, -0.1) is 0 Å². The molecule has 0 atom stereocenters. The zero-order valence-corrected chi connectivity index (χ0v) is 12.6. The van der Waals surface area contributed by atoms with Crippen molar-refractivity contribution in [2.75, 3.05) is 6.61 Å². The highest BCUT2D eigenvalue weighted by molar-refractivity contribution is 6.32. The van der Waals surface area contributed by atoms with Crippen LogP contribution in [0, 0.1) is 6.92 Å². The predicted octanol–water partition coefficient (Wildman–Crippen LogP) is 2.73. The molecule has 0 spiro atoms. The van der Waals surface area contributed by atoms with Gasteiger partial charge in [0.15, 0.2) is 6.61 Å². The summed E-state index contributed by atoms with van der Waals surface area (Å²) in [7, 11) is 0. The van der Waals surface area contributed by atoms with Crippen molar-refractivity contribution in [2.45, 2.75) is 6.92 Å². The second-order valence-corrected chi connectivity index (χ2v) is 4.98. The summed E-state index contributed by atoms with van der Waals surface area (Å²) < 4.78 is 10.5. The van der Waals surface area contributed by atoms with Crippen LogP contribution in [-0.2, 0) is 4.79 Å². The molecule has 1 amide bonds. The lowest BCUT2D eigenvalue weighted by atomic mass is 10.2. The molecule has 0 saturated heterocycles. The number of nitrogens with two attached hydrogens (primary N) is 1. The Morgan fingerprint density at radius 1 is 1.14 bits per heavy atom. The largest absolute Gasteiger partial charge is 0.483 e. The van der Waals surface area contributed by atoms with Crippen molar-refractivity contribution in [1.82, 2.24) is 0 Å². The SMILES string of the molecule is Cc1ccc(Cl)c(OC(=O)c2ccccc2OCC(N)=O)c1. The fraction of sp³-hybridized carbons (Fsp3) is 0.125. The number of hydrogen-bond donors (Lipinski definition) is 1. The van der Waals surface area contributed by atoms with E-state index in [-0.39, 0.29) is 23.7 Å². The van der Waals surface area contributed by atoms with Crippen LogP contribution in [0.3, 0.4) is 0 Å². The van der Waals surface area contributed by atoms with Crippen LogP contribution in [-0.4, -0.2) is 18.5 Å². The minimum absolute atomic E-state index is 0.182. The number of carbonyl (C=O) groups is 2. The lowest BCUT2D eigenvalue weighted by molar-refractivity contribution is -0.119. The third-order valence-electron chi connectivity index (χ3n) is 2.77. The smallest absolute Gasteiger partial charge is 0.347 e. The van der Waals surface area contributed by atoms with Gasteiger partial charge in [-0.3, -0.25) is 4.79 Å². The van der Waals surface area contributed by atoms with E-state index >= 15 is 0 Å². The zero-order valence-electron chi connectivity index (χ0n) is 11.8. The minimum Gasteiger partial charge on any atom is -0.483 e. The molecule has 114 valence electrons. The van der Waals surface area contributed by atoms with Gasteiger partial charge >= 0.3 is 5.97 Å². The average molecular weight is 320 g/mol. The molecule has 2 aromatic rings. The Bertz CT molecular complexity index is 715. The number of esters is 1. The molecule has 0 unspecified atom stereocenters. The van der Waals surface area contributed by atoms with E-state index in [1.807, 2.05) is 13.0 Å². The van der Waals surface area contributed by atoms with Crippen molar-refractivity contribution in [3.05, 3.63) is 58.6 Å². The first-order valence-corrected chi connectivity index (χ1v) is 6.83. The van der Waals surface area contributed by atoms with Crippen LogP contribution in [0.2, 0.25) is 5.02 Å². The van der Waals surface area contributed by atoms with Crippen LogP contribution in [0.5, 0.6) is 11.5 Å². The molecule has 0 aliphatic heterocycles. The summed E-state index contributed by atoms with van der Waals surface area (Å²) in [6.07, 6.45) is 0. The standard InChI is InChI=1S/C16H14ClNO4/c1-10-6-7-12(17)14(8-10)22-16(20)11-4-2-3-5-13(11)21-9-15(18)19/h2-8H,9H2,1H3,(H2,18,19). The van der Waals surface area contributed by atoms with Gasteiger partial charge in [0.05, 0.1) is 5.02 Å². The Morgan fingerprint density at radius 3 is 2.59 bits per heavy atom. The molecule has 0 fully saturated rings. The van der Waals surface area contributed by atoms with E-state index in [2.05, 4.69) is 0 Å². The highest BCUT2D eigenvalue weighted by Gasteiger charge is 2.16. The van der Waals surface area contributed by atoms with E-state index in [0.29, 0.717) is 5.02 Å². The Labute approximate surface area is 132 Å². The second kappa shape index (κ2) is 6.95. The molecule has 5 nitrogen and oxygen atoms in total. The Morgan fingerprint density at radius 2 is 1.86 bits per heavy atom. The molecule has 0 bridgehead atoms. The van der Waals surface area contributed by atoms with Crippen molar-refractivity contribution in [3.8, 4) is 11.5 Å². The molecule has 0 aliphatic rings. The van der Waals surface area contributed by atoms with Gasteiger partial charge in [-0.05, 0) is 36.8 Å². The van der Waals surface area contributed by atoms with Gasteiger partial charge in [-0.2, -0.15) is 0 Å². The Hall–Kier alpha value is -2.53. The third-order valence-corrected chi connectivity index (χ3v) is 3.08. The number of carbonyl (C=O) groups excluding carboxylic acids is 2. The number of hydrogen-bond acceptors (Lipinski definition) is 4. The summed E-state index contributed by atoms with van der Waals surface area (Å²) in [5.41, 5.74) is 6.12. The van der Waals surface area contributed by atoms with Crippen LogP contribution in [0.4, 0.5) is 0 Å². The highest BCUT2D eigenvalue weighted by atomic mass is 35.5. The summed E-state index contributed by atoms with van der Waals surface area (Å²) in [5.74, 6) is -0.788. The quantitative estimate of drug-likeness (QED) is 0.679. The molecule has 0 aliphatic carbocycles. The maximum atomic E-state index is 12.3. The van der Waals surface area contributed by atoms with Crippen molar-refractivity contribution >= 4 is 23.5 Å². The molecule has 0 aromatic heterocycles. The first-order chi connectivity index (χ1) is 10.5. The number of primary amides is 1. The summed E-state index contributed by atoms with van der Waals surface area (Å²) in [6, 6.07) is 11.5. The highest BCUT2D eigenvalue weighted by Crippen LogP contribution is 2.27. The van der Waals surface area contributed by atoms with E-state index in [1.165, 1.54) is 6.07 Å². The zero-order chi connectivity index (χ0) is 16.1. The Kier molecular flexibility index (Phi) is 5.01. The molecule has 22 heavy (non-hydrogen) atoms. The van der Waals surface area contributed by atoms with Crippen molar-refractivity contribution in [2.24, 2.45) is 5.73 Å². The molecule has 0 radical (unpaired) electrons. The van der Waals surface area contributed by atoms with Crippen molar-refractivity contribution in [3.63, 3.8) is 0 Å². The molecule has 2 aromatic carbocycles. The molecule has 6 heteroatoms. The number of aryl methyl sites for hydroxylation is 1.